The summed E-state index contributed by atoms with van der Waals surface area (Å²) in [6.07, 6.45) is 0.410. The second-order valence-corrected chi connectivity index (χ2v) is 5.25. The van der Waals surface area contributed by atoms with Gasteiger partial charge >= 0.3 is 5.97 Å². The minimum absolute atomic E-state index is 0.157. The van der Waals surface area contributed by atoms with Gasteiger partial charge in [-0.15, -0.1) is 0 Å². The SMILES string of the molecule is CC(=O)N[C@@H]1CC[C@H](COC(C)=O)O[C@H]1OCCOCCN=[N+]=[N-]. The zero-order valence-corrected chi connectivity index (χ0v) is 14.0. The van der Waals surface area contributed by atoms with Crippen LogP contribution in [0, 0.1) is 0 Å². The predicted octanol–water partition coefficient (Wildman–Crippen LogP) is 0.903. The third-order valence-electron chi connectivity index (χ3n) is 3.22. The van der Waals surface area contributed by atoms with E-state index in [4.69, 9.17) is 24.5 Å². The number of hydrogen-bond donors (Lipinski definition) is 1. The lowest BCUT2D eigenvalue weighted by Crippen LogP contribution is -2.51. The van der Waals surface area contributed by atoms with Crippen LogP contribution in [0.5, 0.6) is 0 Å². The van der Waals surface area contributed by atoms with Crippen molar-refractivity contribution in [1.82, 2.24) is 5.32 Å². The summed E-state index contributed by atoms with van der Waals surface area (Å²) in [5.41, 5.74) is 8.14. The Labute approximate surface area is 140 Å². The summed E-state index contributed by atoms with van der Waals surface area (Å²) in [6.45, 7) is 4.06. The maximum Gasteiger partial charge on any atom is 0.302 e. The van der Waals surface area contributed by atoms with Crippen LogP contribution in [0.4, 0.5) is 0 Å². The number of esters is 1. The van der Waals surface area contributed by atoms with Crippen LogP contribution in [0.1, 0.15) is 26.7 Å². The molecule has 1 amide bonds. The van der Waals surface area contributed by atoms with E-state index < -0.39 is 6.29 Å². The van der Waals surface area contributed by atoms with E-state index in [1.165, 1.54) is 13.8 Å². The van der Waals surface area contributed by atoms with Gasteiger partial charge in [-0.25, -0.2) is 0 Å². The Morgan fingerprint density at radius 1 is 1.29 bits per heavy atom. The van der Waals surface area contributed by atoms with Crippen molar-refractivity contribution >= 4 is 11.9 Å². The highest BCUT2D eigenvalue weighted by atomic mass is 16.7. The molecule has 3 atom stereocenters. The van der Waals surface area contributed by atoms with Crippen molar-refractivity contribution in [2.45, 2.75) is 45.1 Å². The van der Waals surface area contributed by atoms with Gasteiger partial charge in [0.05, 0.1) is 32.0 Å². The average Bonchev–Trinajstić information content (AvgIpc) is 2.53. The van der Waals surface area contributed by atoms with Crippen LogP contribution in [0.15, 0.2) is 5.11 Å². The Morgan fingerprint density at radius 2 is 2.08 bits per heavy atom. The summed E-state index contributed by atoms with van der Waals surface area (Å²) < 4.78 is 21.6. The Bertz CT molecular complexity index is 455. The summed E-state index contributed by atoms with van der Waals surface area (Å²) in [5, 5.41) is 6.14. The highest BCUT2D eigenvalue weighted by molar-refractivity contribution is 5.73. The van der Waals surface area contributed by atoms with Gasteiger partial charge in [-0.05, 0) is 18.4 Å². The van der Waals surface area contributed by atoms with Crippen molar-refractivity contribution in [1.29, 1.82) is 0 Å². The van der Waals surface area contributed by atoms with Crippen molar-refractivity contribution in [2.24, 2.45) is 5.11 Å². The number of carbonyl (C=O) groups is 2. The van der Waals surface area contributed by atoms with Crippen LogP contribution in [-0.2, 0) is 28.5 Å². The second-order valence-electron chi connectivity index (χ2n) is 5.25. The van der Waals surface area contributed by atoms with Crippen molar-refractivity contribution in [2.75, 3.05) is 33.0 Å². The van der Waals surface area contributed by atoms with E-state index in [0.717, 1.165) is 0 Å². The quantitative estimate of drug-likeness (QED) is 0.206. The summed E-state index contributed by atoms with van der Waals surface area (Å²) >= 11 is 0. The molecule has 1 N–H and O–H groups in total. The number of azide groups is 1. The first-order valence-electron chi connectivity index (χ1n) is 7.79. The Hall–Kier alpha value is -1.87. The zero-order valence-electron chi connectivity index (χ0n) is 14.0. The van der Waals surface area contributed by atoms with Crippen LogP contribution in [0.25, 0.3) is 10.4 Å². The van der Waals surface area contributed by atoms with Gasteiger partial charge in [-0.1, -0.05) is 5.11 Å². The molecule has 1 saturated heterocycles. The first kappa shape index (κ1) is 20.2. The van der Waals surface area contributed by atoms with E-state index in [2.05, 4.69) is 15.3 Å². The molecule has 10 nitrogen and oxygen atoms in total. The summed E-state index contributed by atoms with van der Waals surface area (Å²) in [6, 6.07) is -0.265. The molecule has 0 saturated carbocycles. The van der Waals surface area contributed by atoms with Gasteiger partial charge < -0.3 is 24.3 Å². The zero-order chi connectivity index (χ0) is 17.8. The molecular formula is C14H24N4O6. The van der Waals surface area contributed by atoms with Gasteiger partial charge in [0.2, 0.25) is 5.91 Å². The summed E-state index contributed by atoms with van der Waals surface area (Å²) in [5.74, 6) is -0.533. The highest BCUT2D eigenvalue weighted by Gasteiger charge is 2.33. The fourth-order valence-electron chi connectivity index (χ4n) is 2.22. The highest BCUT2D eigenvalue weighted by Crippen LogP contribution is 2.21. The van der Waals surface area contributed by atoms with Gasteiger partial charge in [0, 0.05) is 25.3 Å². The van der Waals surface area contributed by atoms with E-state index in [1.807, 2.05) is 0 Å². The molecule has 1 aliphatic heterocycles. The Kier molecular flexibility index (Phi) is 9.78. The minimum Gasteiger partial charge on any atom is -0.463 e. The van der Waals surface area contributed by atoms with E-state index in [-0.39, 0.29) is 43.8 Å². The molecule has 24 heavy (non-hydrogen) atoms. The van der Waals surface area contributed by atoms with Crippen LogP contribution in [0.3, 0.4) is 0 Å². The second kappa shape index (κ2) is 11.6. The first-order chi connectivity index (χ1) is 11.5. The fourth-order valence-corrected chi connectivity index (χ4v) is 2.22. The Morgan fingerprint density at radius 3 is 2.75 bits per heavy atom. The van der Waals surface area contributed by atoms with Crippen molar-refractivity contribution in [3.05, 3.63) is 10.4 Å². The molecule has 0 aromatic rings. The predicted molar refractivity (Wildman–Crippen MR) is 82.9 cm³/mol. The molecule has 0 radical (unpaired) electrons. The lowest BCUT2D eigenvalue weighted by atomic mass is 10.0. The molecule has 136 valence electrons. The number of carbonyl (C=O) groups excluding carboxylic acids is 2. The number of ether oxygens (including phenoxy) is 4. The normalized spacial score (nSPS) is 23.2. The van der Waals surface area contributed by atoms with Crippen molar-refractivity contribution in [3.8, 4) is 0 Å². The number of nitrogens with zero attached hydrogens (tertiary/aromatic N) is 3. The van der Waals surface area contributed by atoms with Crippen LogP contribution < -0.4 is 5.32 Å². The molecule has 0 spiro atoms. The number of hydrogen-bond acceptors (Lipinski definition) is 7. The molecule has 1 rings (SSSR count). The number of rotatable bonds is 10. The van der Waals surface area contributed by atoms with Gasteiger partial charge in [0.1, 0.15) is 6.61 Å². The fraction of sp³-hybridized carbons (Fsp3) is 0.857. The molecule has 0 aliphatic carbocycles. The average molecular weight is 344 g/mol. The van der Waals surface area contributed by atoms with E-state index in [1.54, 1.807) is 0 Å². The van der Waals surface area contributed by atoms with Gasteiger partial charge in [-0.2, -0.15) is 0 Å². The third kappa shape index (κ3) is 8.68. The molecule has 0 unspecified atom stereocenters. The van der Waals surface area contributed by atoms with Crippen LogP contribution in [-0.4, -0.2) is 63.3 Å². The molecule has 0 bridgehead atoms. The molecule has 0 aromatic heterocycles. The molecule has 10 heteroatoms. The van der Waals surface area contributed by atoms with E-state index >= 15 is 0 Å². The number of amides is 1. The Balaban J connectivity index is 2.38. The largest absolute Gasteiger partial charge is 0.463 e. The van der Waals surface area contributed by atoms with E-state index in [9.17, 15) is 9.59 Å². The lowest BCUT2D eigenvalue weighted by Gasteiger charge is -2.36. The van der Waals surface area contributed by atoms with Gasteiger partial charge in [-0.3, -0.25) is 9.59 Å². The van der Waals surface area contributed by atoms with Gasteiger partial charge in [0.15, 0.2) is 6.29 Å². The van der Waals surface area contributed by atoms with Crippen molar-refractivity contribution < 1.29 is 28.5 Å². The monoisotopic (exact) mass is 344 g/mol. The minimum atomic E-state index is -0.635. The standard InChI is InChI=1S/C14H24N4O6/c1-10(19)17-13-4-3-12(9-23-11(2)20)24-14(13)22-8-7-21-6-5-16-18-15/h12-14H,3-9H2,1-2H3,(H,17,19)/t12-,13-,14-/m1/s1. The molecule has 1 heterocycles. The molecule has 0 aromatic carbocycles. The number of nitrogens with one attached hydrogen (secondary N) is 1. The molecular weight excluding hydrogens is 320 g/mol. The lowest BCUT2D eigenvalue weighted by molar-refractivity contribution is -0.221. The first-order valence-corrected chi connectivity index (χ1v) is 7.79. The van der Waals surface area contributed by atoms with Crippen LogP contribution >= 0.6 is 0 Å². The van der Waals surface area contributed by atoms with E-state index in [0.29, 0.717) is 26.1 Å². The van der Waals surface area contributed by atoms with Gasteiger partial charge in [0.25, 0.3) is 0 Å². The third-order valence-corrected chi connectivity index (χ3v) is 3.22. The maximum atomic E-state index is 11.3. The van der Waals surface area contributed by atoms with Crippen molar-refractivity contribution in [3.63, 3.8) is 0 Å². The maximum absolute atomic E-state index is 11.3. The van der Waals surface area contributed by atoms with Crippen LogP contribution in [0.2, 0.25) is 0 Å². The smallest absolute Gasteiger partial charge is 0.302 e. The summed E-state index contributed by atoms with van der Waals surface area (Å²) in [7, 11) is 0. The topological polar surface area (TPSA) is 132 Å². The summed E-state index contributed by atoms with van der Waals surface area (Å²) in [4.78, 5) is 24.8. The molecule has 1 aliphatic rings. The molecule has 1 fully saturated rings.